The van der Waals surface area contributed by atoms with Gasteiger partial charge in [-0.25, -0.2) is 0 Å². The molecule has 9 aromatic rings. The molecule has 2 bridgehead atoms. The number of para-hydroxylation sites is 2. The predicted molar refractivity (Wildman–Crippen MR) is 268 cm³/mol. The maximum absolute atomic E-state index is 7.60. The Kier molecular flexibility index (Phi) is 10.5. The number of aryl methyl sites for hydroxylation is 1. The molecule has 1 unspecified atom stereocenters. The maximum atomic E-state index is 7.60. The van der Waals surface area contributed by atoms with Crippen molar-refractivity contribution >= 4 is 50.5 Å². The maximum Gasteiger partial charge on any atom is 0.0541 e. The molecule has 0 saturated heterocycles. The molecule has 0 radical (unpaired) electrons. The molecule has 11 rings (SSSR count). The summed E-state index contributed by atoms with van der Waals surface area (Å²) in [6.07, 6.45) is 7.86. The van der Waals surface area contributed by atoms with Gasteiger partial charge < -0.3 is 9.47 Å². The minimum absolute atomic E-state index is 0.660. The second-order valence-electron chi connectivity index (χ2n) is 18.6. The Bertz CT molecular complexity index is 3040. The highest BCUT2D eigenvalue weighted by Gasteiger charge is 2.35. The molecule has 2 nitrogen and oxygen atoms in total. The van der Waals surface area contributed by atoms with Crippen molar-refractivity contribution in [1.82, 2.24) is 4.57 Å². The van der Waals surface area contributed by atoms with Crippen molar-refractivity contribution in [2.45, 2.75) is 52.4 Å². The molecule has 2 fully saturated rings. The molecule has 2 aliphatic carbocycles. The fourth-order valence-electron chi connectivity index (χ4n) is 11.6. The quantitative estimate of drug-likeness (QED) is 0.141. The smallest absolute Gasteiger partial charge is 0.0541 e. The summed E-state index contributed by atoms with van der Waals surface area (Å²) in [6.45, 7) is 4.69. The topological polar surface area (TPSA) is 8.17 Å². The van der Waals surface area contributed by atoms with E-state index in [1.165, 1.54) is 104 Å². The van der Waals surface area contributed by atoms with Crippen molar-refractivity contribution in [2.75, 3.05) is 4.90 Å². The lowest BCUT2D eigenvalue weighted by molar-refractivity contribution is 0.104. The highest BCUT2D eigenvalue weighted by Crippen LogP contribution is 2.48. The van der Waals surface area contributed by atoms with Crippen LogP contribution in [0.4, 0.5) is 17.1 Å². The van der Waals surface area contributed by atoms with Crippen molar-refractivity contribution in [1.29, 1.82) is 0 Å². The van der Waals surface area contributed by atoms with Crippen LogP contribution in [-0.2, 0) is 6.42 Å². The number of aromatic nitrogens is 1. The van der Waals surface area contributed by atoms with E-state index in [9.17, 15) is 0 Å². The van der Waals surface area contributed by atoms with E-state index < -0.39 is 0 Å². The zero-order valence-corrected chi connectivity index (χ0v) is 37.0. The second kappa shape index (κ2) is 16.7. The van der Waals surface area contributed by atoms with Crippen molar-refractivity contribution in [3.63, 3.8) is 0 Å². The summed E-state index contributed by atoms with van der Waals surface area (Å²) >= 11 is 7.60. The van der Waals surface area contributed by atoms with Crippen molar-refractivity contribution < 1.29 is 0 Å². The van der Waals surface area contributed by atoms with E-state index in [1.54, 1.807) is 0 Å². The molecule has 0 spiro atoms. The van der Waals surface area contributed by atoms with Crippen LogP contribution in [0.25, 0.3) is 60.9 Å². The first kappa shape index (κ1) is 39.5. The third-order valence-corrected chi connectivity index (χ3v) is 14.5. The monoisotopic (exact) mass is 836 g/mol. The van der Waals surface area contributed by atoms with Crippen LogP contribution in [0.3, 0.4) is 0 Å². The molecule has 0 aliphatic heterocycles. The molecule has 3 heteroatoms. The van der Waals surface area contributed by atoms with Crippen LogP contribution < -0.4 is 4.90 Å². The van der Waals surface area contributed by atoms with E-state index in [4.69, 9.17) is 11.6 Å². The molecule has 2 aliphatic rings. The van der Waals surface area contributed by atoms with Gasteiger partial charge >= 0.3 is 0 Å². The SMILES string of the molecule is Cc1ccccc1-c1c(Cl)cc(N(c2ccc(-c3ccccc3)cc2)c2ccc(-c3ccc4c(c3)c3ccccc3n4-c3ccccc3)cc2)cc1CC1C[C@@H]2C[C@H](C)C[C@H](C1)C2. The van der Waals surface area contributed by atoms with Crippen LogP contribution in [0.1, 0.15) is 50.2 Å². The minimum atomic E-state index is 0.660. The number of anilines is 3. The standard InChI is InChI=1S/C60H53ClN2/c1-40-31-42-33-43(32-40)35-44(34-42)36-49-37-53(39-57(61)60(49)54-18-10-9-13-41(54)2)62(51-26-21-46(22-27-51)45-14-5-3-6-15-45)52-28-23-47(24-29-52)48-25-30-59-56(38-48)55-19-11-12-20-58(55)63(59)50-16-7-4-8-17-50/h3-30,37-40,42-44H,31-36H2,1-2H3/t40-,42+,43-,44?. The molecule has 63 heavy (non-hydrogen) atoms. The highest BCUT2D eigenvalue weighted by atomic mass is 35.5. The molecular weight excluding hydrogens is 784 g/mol. The Morgan fingerprint density at radius 3 is 1.78 bits per heavy atom. The molecule has 2 saturated carbocycles. The number of nitrogens with zero attached hydrogens (tertiary/aromatic N) is 2. The van der Waals surface area contributed by atoms with Gasteiger partial charge in [-0.1, -0.05) is 140 Å². The van der Waals surface area contributed by atoms with E-state index in [-0.39, 0.29) is 0 Å². The largest absolute Gasteiger partial charge is 0.310 e. The molecule has 0 N–H and O–H groups in total. The van der Waals surface area contributed by atoms with E-state index in [0.29, 0.717) is 5.92 Å². The second-order valence-corrected chi connectivity index (χ2v) is 19.0. The fraction of sp³-hybridized carbons (Fsp3) is 0.200. The number of fused-ring (bicyclic) bond motifs is 5. The Labute approximate surface area is 377 Å². The normalized spacial score (nSPS) is 18.5. The molecule has 8 aromatic carbocycles. The van der Waals surface area contributed by atoms with Crippen LogP contribution in [-0.4, -0.2) is 4.57 Å². The summed E-state index contributed by atoms with van der Waals surface area (Å²) in [7, 11) is 0. The van der Waals surface area contributed by atoms with Gasteiger partial charge in [0.05, 0.1) is 16.1 Å². The summed E-state index contributed by atoms with van der Waals surface area (Å²) in [5.41, 5.74) is 16.7. The predicted octanol–water partition coefficient (Wildman–Crippen LogP) is 17.2. The third kappa shape index (κ3) is 7.66. The van der Waals surface area contributed by atoms with Gasteiger partial charge in [-0.2, -0.15) is 0 Å². The van der Waals surface area contributed by atoms with Gasteiger partial charge in [0.25, 0.3) is 0 Å². The zero-order chi connectivity index (χ0) is 42.4. The Hall–Kier alpha value is -6.35. The van der Waals surface area contributed by atoms with Gasteiger partial charge in [0, 0.05) is 39.1 Å². The molecule has 310 valence electrons. The van der Waals surface area contributed by atoms with Crippen molar-refractivity contribution in [2.24, 2.45) is 23.7 Å². The summed E-state index contributed by atoms with van der Waals surface area (Å²) in [5.74, 6) is 3.21. The fourth-order valence-corrected chi connectivity index (χ4v) is 11.9. The van der Waals surface area contributed by atoms with Crippen molar-refractivity contribution in [3.05, 3.63) is 204 Å². The van der Waals surface area contributed by atoms with Gasteiger partial charge in [0.1, 0.15) is 0 Å². The Morgan fingerprint density at radius 1 is 0.508 bits per heavy atom. The lowest BCUT2D eigenvalue weighted by Crippen LogP contribution is -2.31. The molecular formula is C60H53ClN2. The molecule has 4 atom stereocenters. The first-order chi connectivity index (χ1) is 30.9. The Morgan fingerprint density at radius 2 is 1.08 bits per heavy atom. The summed E-state index contributed by atoms with van der Waals surface area (Å²) < 4.78 is 2.38. The molecule has 1 heterocycles. The molecule has 0 amide bonds. The van der Waals surface area contributed by atoms with E-state index in [0.717, 1.165) is 46.3 Å². The van der Waals surface area contributed by atoms with Crippen LogP contribution in [0, 0.1) is 30.6 Å². The first-order valence-electron chi connectivity index (χ1n) is 23.0. The average molecular weight is 838 g/mol. The van der Waals surface area contributed by atoms with E-state index in [1.807, 2.05) is 0 Å². The van der Waals surface area contributed by atoms with Gasteiger partial charge in [-0.05, 0) is 175 Å². The lowest BCUT2D eigenvalue weighted by atomic mass is 9.64. The summed E-state index contributed by atoms with van der Waals surface area (Å²) in [4.78, 5) is 2.41. The van der Waals surface area contributed by atoms with Gasteiger partial charge in [-0.15, -0.1) is 0 Å². The highest BCUT2D eigenvalue weighted by molar-refractivity contribution is 6.34. The average Bonchev–Trinajstić information content (AvgIpc) is 3.64. The van der Waals surface area contributed by atoms with Crippen LogP contribution >= 0.6 is 11.6 Å². The van der Waals surface area contributed by atoms with E-state index in [2.05, 4.69) is 211 Å². The third-order valence-electron chi connectivity index (χ3n) is 14.2. The number of halogens is 1. The van der Waals surface area contributed by atoms with Gasteiger partial charge in [-0.3, -0.25) is 0 Å². The Balaban J connectivity index is 1.01. The minimum Gasteiger partial charge on any atom is -0.310 e. The zero-order valence-electron chi connectivity index (χ0n) is 36.2. The van der Waals surface area contributed by atoms with Crippen LogP contribution in [0.5, 0.6) is 0 Å². The number of rotatable bonds is 9. The molecule has 1 aromatic heterocycles. The van der Waals surface area contributed by atoms with Crippen LogP contribution in [0.2, 0.25) is 5.02 Å². The number of hydrogen-bond acceptors (Lipinski definition) is 1. The van der Waals surface area contributed by atoms with Gasteiger partial charge in [0.2, 0.25) is 0 Å². The van der Waals surface area contributed by atoms with Crippen LogP contribution in [0.15, 0.2) is 188 Å². The number of benzene rings is 8. The lowest BCUT2D eigenvalue weighted by Gasteiger charge is -2.42. The van der Waals surface area contributed by atoms with E-state index >= 15 is 0 Å². The number of hydrogen-bond donors (Lipinski definition) is 0. The summed E-state index contributed by atoms with van der Waals surface area (Å²) in [5, 5.41) is 3.32. The van der Waals surface area contributed by atoms with Crippen molar-refractivity contribution in [3.8, 4) is 39.1 Å². The van der Waals surface area contributed by atoms with Gasteiger partial charge in [0.15, 0.2) is 0 Å². The first-order valence-corrected chi connectivity index (χ1v) is 23.3. The summed E-state index contributed by atoms with van der Waals surface area (Å²) in [6, 6.07) is 68.6.